The largest absolute Gasteiger partial charge is 0.507 e. The minimum absolute atomic E-state index is 0.337. The molecule has 0 saturated carbocycles. The van der Waals surface area contributed by atoms with Gasteiger partial charge in [0, 0.05) is 6.26 Å². The lowest BCUT2D eigenvalue weighted by molar-refractivity contribution is -0.139. The summed E-state index contributed by atoms with van der Waals surface area (Å²) in [5.41, 5.74) is -0.430. The van der Waals surface area contributed by atoms with Crippen LogP contribution in [0, 0.1) is 5.82 Å². The van der Waals surface area contributed by atoms with Crippen molar-refractivity contribution in [1.29, 1.82) is 0 Å². The topological polar surface area (TPSA) is 121 Å². The van der Waals surface area contributed by atoms with Crippen LogP contribution in [-0.4, -0.2) is 48.6 Å². The Hall–Kier alpha value is -2.16. The van der Waals surface area contributed by atoms with Crippen molar-refractivity contribution >= 4 is 21.7 Å². The highest BCUT2D eigenvalue weighted by Crippen LogP contribution is 2.17. The van der Waals surface area contributed by atoms with Crippen LogP contribution in [0.3, 0.4) is 0 Å². The molecule has 0 aliphatic rings. The maximum absolute atomic E-state index is 13.0. The van der Waals surface area contributed by atoms with E-state index >= 15 is 0 Å². The molecule has 0 aromatic heterocycles. The number of carboxylic acids is 1. The summed E-state index contributed by atoms with van der Waals surface area (Å²) in [6.07, 6.45) is 0.599. The van der Waals surface area contributed by atoms with Gasteiger partial charge in [0.15, 0.2) is 0 Å². The minimum Gasteiger partial charge on any atom is -0.507 e. The highest BCUT2D eigenvalue weighted by molar-refractivity contribution is 7.90. The number of aromatic hydroxyl groups is 1. The van der Waals surface area contributed by atoms with E-state index in [-0.39, 0.29) is 6.42 Å². The van der Waals surface area contributed by atoms with E-state index in [4.69, 9.17) is 5.11 Å². The zero-order chi connectivity index (χ0) is 16.2. The van der Waals surface area contributed by atoms with Crippen LogP contribution in [0.2, 0.25) is 0 Å². The third-order valence-electron chi connectivity index (χ3n) is 2.58. The van der Waals surface area contributed by atoms with Crippen LogP contribution >= 0.6 is 0 Å². The van der Waals surface area contributed by atoms with Gasteiger partial charge in [-0.15, -0.1) is 0 Å². The fraction of sp³-hybridized carbons (Fsp3) is 0.333. The first-order chi connectivity index (χ1) is 9.60. The van der Waals surface area contributed by atoms with E-state index in [1.807, 2.05) is 5.32 Å². The summed E-state index contributed by atoms with van der Waals surface area (Å²) in [4.78, 5) is 22.8. The van der Waals surface area contributed by atoms with Crippen LogP contribution in [0.15, 0.2) is 18.2 Å². The van der Waals surface area contributed by atoms with E-state index in [2.05, 4.69) is 0 Å². The van der Waals surface area contributed by atoms with Gasteiger partial charge in [-0.3, -0.25) is 4.79 Å². The summed E-state index contributed by atoms with van der Waals surface area (Å²) < 4.78 is 35.1. The molecule has 1 aromatic carbocycles. The number of rotatable bonds is 6. The third-order valence-corrected chi connectivity index (χ3v) is 3.56. The molecule has 0 spiro atoms. The number of amides is 1. The number of hydrogen-bond donors (Lipinski definition) is 3. The van der Waals surface area contributed by atoms with Gasteiger partial charge in [-0.1, -0.05) is 0 Å². The second-order valence-electron chi connectivity index (χ2n) is 4.44. The van der Waals surface area contributed by atoms with E-state index in [9.17, 15) is 27.5 Å². The maximum atomic E-state index is 13.0. The average molecular weight is 319 g/mol. The van der Waals surface area contributed by atoms with E-state index in [1.54, 1.807) is 0 Å². The summed E-state index contributed by atoms with van der Waals surface area (Å²) in [6.45, 7) is 0. The van der Waals surface area contributed by atoms with E-state index in [1.165, 1.54) is 0 Å². The predicted molar refractivity (Wildman–Crippen MR) is 71.3 cm³/mol. The van der Waals surface area contributed by atoms with Crippen LogP contribution in [0.5, 0.6) is 5.75 Å². The number of sulfone groups is 1. The summed E-state index contributed by atoms with van der Waals surface area (Å²) in [5.74, 6) is -4.16. The molecule has 0 fully saturated rings. The predicted octanol–water partition coefficient (Wildman–Crippen LogP) is 0.149. The molecule has 0 aliphatic heterocycles. The smallest absolute Gasteiger partial charge is 0.326 e. The number of phenolic OH excluding ortho intramolecular Hbond substituents is 1. The van der Waals surface area contributed by atoms with Crippen molar-refractivity contribution in [1.82, 2.24) is 5.32 Å². The Morgan fingerprint density at radius 3 is 2.52 bits per heavy atom. The molecule has 0 bridgehead atoms. The molecule has 0 radical (unpaired) electrons. The van der Waals surface area contributed by atoms with Gasteiger partial charge in [-0.25, -0.2) is 17.6 Å². The quantitative estimate of drug-likeness (QED) is 0.686. The standard InChI is InChI=1S/C12H14FNO6S/c1-21(19,20)5-4-9(12(17)18)14-11(16)8-6-7(13)2-3-10(8)15/h2-3,6,9,15H,4-5H2,1H3,(H,14,16)(H,17,18). The molecule has 1 rings (SSSR count). The van der Waals surface area contributed by atoms with Crippen LogP contribution < -0.4 is 5.32 Å². The first-order valence-electron chi connectivity index (χ1n) is 5.80. The van der Waals surface area contributed by atoms with E-state index in [0.29, 0.717) is 0 Å². The first kappa shape index (κ1) is 16.9. The maximum Gasteiger partial charge on any atom is 0.326 e. The number of phenols is 1. The molecule has 0 saturated heterocycles. The van der Waals surface area contributed by atoms with Crippen LogP contribution in [0.1, 0.15) is 16.8 Å². The Labute approximate surface area is 120 Å². The summed E-state index contributed by atoms with van der Waals surface area (Å²) in [7, 11) is -3.39. The molecule has 3 N–H and O–H groups in total. The molecule has 21 heavy (non-hydrogen) atoms. The van der Waals surface area contributed by atoms with Crippen molar-refractivity contribution in [2.24, 2.45) is 0 Å². The van der Waals surface area contributed by atoms with Crippen molar-refractivity contribution < 1.29 is 32.6 Å². The van der Waals surface area contributed by atoms with Gasteiger partial charge in [-0.05, 0) is 24.6 Å². The number of nitrogens with one attached hydrogen (secondary N) is 1. The molecule has 0 heterocycles. The van der Waals surface area contributed by atoms with Crippen molar-refractivity contribution in [3.05, 3.63) is 29.6 Å². The molecule has 0 aliphatic carbocycles. The normalized spacial score (nSPS) is 12.7. The summed E-state index contributed by atoms with van der Waals surface area (Å²) in [6, 6.07) is 1.18. The van der Waals surface area contributed by atoms with Crippen molar-refractivity contribution in [3.63, 3.8) is 0 Å². The fourth-order valence-electron chi connectivity index (χ4n) is 1.52. The molecule has 1 unspecified atom stereocenters. The van der Waals surface area contributed by atoms with Gasteiger partial charge in [-0.2, -0.15) is 0 Å². The average Bonchev–Trinajstić information content (AvgIpc) is 2.35. The van der Waals surface area contributed by atoms with Gasteiger partial charge >= 0.3 is 5.97 Å². The molecule has 1 atom stereocenters. The zero-order valence-electron chi connectivity index (χ0n) is 11.0. The van der Waals surface area contributed by atoms with Gasteiger partial charge < -0.3 is 15.5 Å². The molecule has 7 nitrogen and oxygen atoms in total. The second-order valence-corrected chi connectivity index (χ2v) is 6.70. The Kier molecular flexibility index (Phi) is 5.25. The Morgan fingerprint density at radius 2 is 2.00 bits per heavy atom. The highest BCUT2D eigenvalue weighted by Gasteiger charge is 2.23. The Morgan fingerprint density at radius 1 is 1.38 bits per heavy atom. The van der Waals surface area contributed by atoms with Crippen LogP contribution in [0.4, 0.5) is 4.39 Å². The van der Waals surface area contributed by atoms with Crippen LogP contribution in [-0.2, 0) is 14.6 Å². The number of carbonyl (C=O) groups is 2. The lowest BCUT2D eigenvalue weighted by Gasteiger charge is -2.14. The lowest BCUT2D eigenvalue weighted by atomic mass is 10.1. The van der Waals surface area contributed by atoms with Gasteiger partial charge in [0.1, 0.15) is 27.4 Å². The van der Waals surface area contributed by atoms with Crippen molar-refractivity contribution in [2.45, 2.75) is 12.5 Å². The highest BCUT2D eigenvalue weighted by atomic mass is 32.2. The SMILES string of the molecule is CS(=O)(=O)CCC(NC(=O)c1cc(F)ccc1O)C(=O)O. The Bertz CT molecular complexity index is 658. The van der Waals surface area contributed by atoms with E-state index in [0.717, 1.165) is 24.5 Å². The monoisotopic (exact) mass is 319 g/mol. The van der Waals surface area contributed by atoms with Gasteiger partial charge in [0.05, 0.1) is 11.3 Å². The molecule has 9 heteroatoms. The number of halogens is 1. The Balaban J connectivity index is 2.86. The molecule has 1 amide bonds. The van der Waals surface area contributed by atoms with Gasteiger partial charge in [0.2, 0.25) is 0 Å². The lowest BCUT2D eigenvalue weighted by Crippen LogP contribution is -2.41. The third kappa shape index (κ3) is 5.38. The van der Waals surface area contributed by atoms with Crippen molar-refractivity contribution in [2.75, 3.05) is 12.0 Å². The molecule has 1 aromatic rings. The summed E-state index contributed by atoms with van der Waals surface area (Å²) in [5, 5.41) is 20.4. The summed E-state index contributed by atoms with van der Waals surface area (Å²) >= 11 is 0. The number of carbonyl (C=O) groups excluding carboxylic acids is 1. The number of hydrogen-bond acceptors (Lipinski definition) is 5. The second kappa shape index (κ2) is 6.53. The fourth-order valence-corrected chi connectivity index (χ4v) is 2.18. The van der Waals surface area contributed by atoms with Gasteiger partial charge in [0.25, 0.3) is 5.91 Å². The number of carboxylic acid groups (broad SMARTS) is 1. The minimum atomic E-state index is -3.39. The first-order valence-corrected chi connectivity index (χ1v) is 7.86. The number of benzene rings is 1. The molecular formula is C12H14FNO6S. The number of aliphatic carboxylic acids is 1. The van der Waals surface area contributed by atoms with Crippen LogP contribution in [0.25, 0.3) is 0 Å². The molecular weight excluding hydrogens is 305 g/mol. The van der Waals surface area contributed by atoms with Crippen molar-refractivity contribution in [3.8, 4) is 5.75 Å². The molecule has 116 valence electrons. The van der Waals surface area contributed by atoms with E-state index < -0.39 is 50.6 Å². The zero-order valence-corrected chi connectivity index (χ0v) is 11.9.